The second-order valence-corrected chi connectivity index (χ2v) is 5.19. The maximum Gasteiger partial charge on any atom is 0.142 e. The van der Waals surface area contributed by atoms with E-state index in [1.165, 1.54) is 0 Å². The van der Waals surface area contributed by atoms with Crippen molar-refractivity contribution >= 4 is 23.2 Å². The zero-order valence-corrected chi connectivity index (χ0v) is 11.9. The van der Waals surface area contributed by atoms with Gasteiger partial charge in [0.05, 0.1) is 18.2 Å². The summed E-state index contributed by atoms with van der Waals surface area (Å²) in [5, 5.41) is 4.51. The van der Waals surface area contributed by atoms with Crippen molar-refractivity contribution < 1.29 is 9.47 Å². The predicted molar refractivity (Wildman–Crippen MR) is 73.7 cm³/mol. The Kier molecular flexibility index (Phi) is 5.13. The molecule has 0 spiro atoms. The number of benzene rings is 1. The van der Waals surface area contributed by atoms with Gasteiger partial charge in [0.25, 0.3) is 0 Å². The summed E-state index contributed by atoms with van der Waals surface area (Å²) >= 11 is 12.1. The minimum atomic E-state index is 0.325. The minimum absolute atomic E-state index is 0.325. The molecule has 18 heavy (non-hydrogen) atoms. The van der Waals surface area contributed by atoms with Crippen LogP contribution in [0.3, 0.4) is 0 Å². The maximum absolute atomic E-state index is 6.08. The molecule has 0 aromatic heterocycles. The summed E-state index contributed by atoms with van der Waals surface area (Å²) in [6.07, 6.45) is 2.60. The van der Waals surface area contributed by atoms with Crippen molar-refractivity contribution in [3.05, 3.63) is 27.7 Å². The average molecular weight is 290 g/mol. The molecule has 1 aliphatic rings. The van der Waals surface area contributed by atoms with Gasteiger partial charge in [-0.3, -0.25) is 0 Å². The van der Waals surface area contributed by atoms with Gasteiger partial charge in [-0.2, -0.15) is 0 Å². The SMILES string of the molecule is COc1c(Cl)cc(Cl)cc1CNC[C@@H]1CCCO1. The lowest BCUT2D eigenvalue weighted by atomic mass is 10.2. The highest BCUT2D eigenvalue weighted by Crippen LogP contribution is 2.32. The molecule has 0 bridgehead atoms. The van der Waals surface area contributed by atoms with Crippen LogP contribution in [0.5, 0.6) is 5.75 Å². The number of ether oxygens (including phenoxy) is 2. The number of nitrogens with one attached hydrogen (secondary N) is 1. The molecule has 0 aliphatic carbocycles. The van der Waals surface area contributed by atoms with E-state index in [-0.39, 0.29) is 0 Å². The fraction of sp³-hybridized carbons (Fsp3) is 0.538. The maximum atomic E-state index is 6.08. The van der Waals surface area contributed by atoms with Crippen LogP contribution < -0.4 is 10.1 Å². The third kappa shape index (κ3) is 3.51. The third-order valence-corrected chi connectivity index (χ3v) is 3.50. The van der Waals surface area contributed by atoms with E-state index in [0.29, 0.717) is 28.4 Å². The Balaban J connectivity index is 1.95. The van der Waals surface area contributed by atoms with Gasteiger partial charge in [0.15, 0.2) is 0 Å². The summed E-state index contributed by atoms with van der Waals surface area (Å²) < 4.78 is 10.8. The monoisotopic (exact) mass is 289 g/mol. The molecular weight excluding hydrogens is 273 g/mol. The first-order chi connectivity index (χ1) is 8.70. The van der Waals surface area contributed by atoms with E-state index >= 15 is 0 Å². The summed E-state index contributed by atoms with van der Waals surface area (Å²) in [4.78, 5) is 0. The molecule has 1 saturated heterocycles. The van der Waals surface area contributed by atoms with Gasteiger partial charge in [-0.25, -0.2) is 0 Å². The topological polar surface area (TPSA) is 30.5 Å². The molecule has 3 nitrogen and oxygen atoms in total. The van der Waals surface area contributed by atoms with Gasteiger partial charge in [0.2, 0.25) is 0 Å². The molecule has 1 aromatic carbocycles. The smallest absolute Gasteiger partial charge is 0.142 e. The van der Waals surface area contributed by atoms with E-state index in [1.807, 2.05) is 6.07 Å². The number of rotatable bonds is 5. The highest BCUT2D eigenvalue weighted by molar-refractivity contribution is 6.35. The molecule has 1 fully saturated rings. The Hall–Kier alpha value is -0.480. The summed E-state index contributed by atoms with van der Waals surface area (Å²) in [7, 11) is 1.61. The van der Waals surface area contributed by atoms with E-state index in [0.717, 1.165) is 31.6 Å². The van der Waals surface area contributed by atoms with Gasteiger partial charge in [0.1, 0.15) is 5.75 Å². The Bertz CT molecular complexity index is 406. The van der Waals surface area contributed by atoms with Crippen molar-refractivity contribution in [2.75, 3.05) is 20.3 Å². The quantitative estimate of drug-likeness (QED) is 0.902. The van der Waals surface area contributed by atoms with Crippen LogP contribution in [0.4, 0.5) is 0 Å². The number of hydrogen-bond acceptors (Lipinski definition) is 3. The van der Waals surface area contributed by atoms with Crippen LogP contribution in [-0.4, -0.2) is 26.4 Å². The first kappa shape index (κ1) is 13.9. The summed E-state index contributed by atoms with van der Waals surface area (Å²) in [6.45, 7) is 2.38. The van der Waals surface area contributed by atoms with Crippen LogP contribution in [0.2, 0.25) is 10.0 Å². The fourth-order valence-corrected chi connectivity index (χ4v) is 2.76. The highest BCUT2D eigenvalue weighted by Gasteiger charge is 2.15. The van der Waals surface area contributed by atoms with Gasteiger partial charge < -0.3 is 14.8 Å². The second-order valence-electron chi connectivity index (χ2n) is 4.35. The summed E-state index contributed by atoms with van der Waals surface area (Å²) in [6, 6.07) is 3.56. The molecule has 100 valence electrons. The Labute approximate surface area is 117 Å². The Morgan fingerprint density at radius 1 is 1.44 bits per heavy atom. The lowest BCUT2D eigenvalue weighted by Crippen LogP contribution is -2.26. The van der Waals surface area contributed by atoms with E-state index < -0.39 is 0 Å². The first-order valence-corrected chi connectivity index (χ1v) is 6.80. The van der Waals surface area contributed by atoms with Crippen LogP contribution in [0.1, 0.15) is 18.4 Å². The van der Waals surface area contributed by atoms with E-state index in [1.54, 1.807) is 13.2 Å². The van der Waals surface area contributed by atoms with Gasteiger partial charge in [-0.15, -0.1) is 0 Å². The van der Waals surface area contributed by atoms with Gasteiger partial charge in [-0.05, 0) is 25.0 Å². The highest BCUT2D eigenvalue weighted by atomic mass is 35.5. The van der Waals surface area contributed by atoms with Crippen molar-refractivity contribution in [3.63, 3.8) is 0 Å². The van der Waals surface area contributed by atoms with Crippen LogP contribution in [0, 0.1) is 0 Å². The third-order valence-electron chi connectivity index (χ3n) is 3.00. The number of halogens is 2. The lowest BCUT2D eigenvalue weighted by Gasteiger charge is -2.14. The Morgan fingerprint density at radius 3 is 2.94 bits per heavy atom. The zero-order valence-electron chi connectivity index (χ0n) is 10.3. The second kappa shape index (κ2) is 6.62. The molecule has 1 atom stereocenters. The van der Waals surface area contributed by atoms with Crippen LogP contribution in [0.15, 0.2) is 12.1 Å². The summed E-state index contributed by atoms with van der Waals surface area (Å²) in [5.74, 6) is 0.681. The minimum Gasteiger partial charge on any atom is -0.495 e. The molecule has 0 radical (unpaired) electrons. The molecule has 1 aromatic rings. The van der Waals surface area contributed by atoms with Gasteiger partial charge in [-0.1, -0.05) is 23.2 Å². The average Bonchev–Trinajstić information content (AvgIpc) is 2.81. The molecule has 5 heteroatoms. The van der Waals surface area contributed by atoms with Gasteiger partial charge in [0, 0.05) is 30.3 Å². The molecule has 2 rings (SSSR count). The van der Waals surface area contributed by atoms with Crippen molar-refractivity contribution in [3.8, 4) is 5.75 Å². The molecule has 0 unspecified atom stereocenters. The van der Waals surface area contributed by atoms with E-state index in [2.05, 4.69) is 5.32 Å². The molecular formula is C13H17Cl2NO2. The van der Waals surface area contributed by atoms with Crippen molar-refractivity contribution in [1.29, 1.82) is 0 Å². The van der Waals surface area contributed by atoms with E-state index in [9.17, 15) is 0 Å². The number of methoxy groups -OCH3 is 1. The lowest BCUT2D eigenvalue weighted by molar-refractivity contribution is 0.110. The zero-order chi connectivity index (χ0) is 13.0. The molecule has 1 N–H and O–H groups in total. The van der Waals surface area contributed by atoms with Crippen LogP contribution in [0.25, 0.3) is 0 Å². The van der Waals surface area contributed by atoms with E-state index in [4.69, 9.17) is 32.7 Å². The summed E-state index contributed by atoms with van der Waals surface area (Å²) in [5.41, 5.74) is 0.966. The predicted octanol–water partition coefficient (Wildman–Crippen LogP) is 3.27. The van der Waals surface area contributed by atoms with Crippen LogP contribution >= 0.6 is 23.2 Å². The molecule has 1 heterocycles. The van der Waals surface area contributed by atoms with Crippen molar-refractivity contribution in [1.82, 2.24) is 5.32 Å². The van der Waals surface area contributed by atoms with Gasteiger partial charge >= 0.3 is 0 Å². The molecule has 0 amide bonds. The van der Waals surface area contributed by atoms with Crippen LogP contribution in [-0.2, 0) is 11.3 Å². The standard InChI is InChI=1S/C13H17Cl2NO2/c1-17-13-9(5-10(14)6-12(13)15)7-16-8-11-3-2-4-18-11/h5-6,11,16H,2-4,7-8H2,1H3/t11-/m0/s1. The molecule has 0 saturated carbocycles. The first-order valence-electron chi connectivity index (χ1n) is 6.05. The number of hydrogen-bond donors (Lipinski definition) is 1. The largest absolute Gasteiger partial charge is 0.495 e. The molecule has 1 aliphatic heterocycles. The fourth-order valence-electron chi connectivity index (χ4n) is 2.15. The Morgan fingerprint density at radius 2 is 2.28 bits per heavy atom. The van der Waals surface area contributed by atoms with Crippen molar-refractivity contribution in [2.45, 2.75) is 25.5 Å². The normalized spacial score (nSPS) is 19.2. The van der Waals surface area contributed by atoms with Crippen molar-refractivity contribution in [2.24, 2.45) is 0 Å².